The van der Waals surface area contributed by atoms with Crippen LogP contribution in [0.25, 0.3) is 10.9 Å². The summed E-state index contributed by atoms with van der Waals surface area (Å²) in [5.74, 6) is 2.74. The van der Waals surface area contributed by atoms with Crippen molar-refractivity contribution in [1.82, 2.24) is 30.0 Å². The lowest BCUT2D eigenvalue weighted by molar-refractivity contribution is -0.126. The van der Waals surface area contributed by atoms with Crippen molar-refractivity contribution in [3.8, 4) is 0 Å². The molecule has 200 valence electrons. The van der Waals surface area contributed by atoms with E-state index in [4.69, 9.17) is 9.97 Å². The third-order valence-corrected chi connectivity index (χ3v) is 8.79. The molecular weight excluding hydrogens is 476 g/mol. The van der Waals surface area contributed by atoms with Gasteiger partial charge in [-0.15, -0.1) is 0 Å². The first kappa shape index (κ1) is 24.9. The first-order valence-electron chi connectivity index (χ1n) is 13.8. The molecule has 3 aliphatic rings. The summed E-state index contributed by atoms with van der Waals surface area (Å²) in [6.07, 6.45) is 5.23. The van der Waals surface area contributed by atoms with E-state index in [1.807, 2.05) is 11.1 Å². The second-order valence-corrected chi connectivity index (χ2v) is 11.2. The Labute approximate surface area is 224 Å². The predicted octanol–water partition coefficient (Wildman–Crippen LogP) is 2.77. The molecule has 2 atom stereocenters. The van der Waals surface area contributed by atoms with Gasteiger partial charge in [-0.25, -0.2) is 4.98 Å². The molecule has 0 radical (unpaired) electrons. The Kier molecular flexibility index (Phi) is 6.55. The summed E-state index contributed by atoms with van der Waals surface area (Å²) in [6, 6.07) is 4.34. The molecular formula is C29H38N8O. The third kappa shape index (κ3) is 4.42. The van der Waals surface area contributed by atoms with Crippen LogP contribution in [0.3, 0.4) is 0 Å². The van der Waals surface area contributed by atoms with E-state index in [-0.39, 0.29) is 5.91 Å². The number of aryl methyl sites for hydroxylation is 1. The van der Waals surface area contributed by atoms with Crippen LogP contribution in [0.1, 0.15) is 35.2 Å². The van der Waals surface area contributed by atoms with Gasteiger partial charge in [-0.3, -0.25) is 9.89 Å². The van der Waals surface area contributed by atoms with Gasteiger partial charge in [0, 0.05) is 63.3 Å². The van der Waals surface area contributed by atoms with Crippen LogP contribution < -0.4 is 9.80 Å². The summed E-state index contributed by atoms with van der Waals surface area (Å²) >= 11 is 0. The first-order chi connectivity index (χ1) is 18.4. The van der Waals surface area contributed by atoms with Crippen molar-refractivity contribution in [2.45, 2.75) is 32.6 Å². The Morgan fingerprint density at radius 3 is 2.50 bits per heavy atom. The number of rotatable bonds is 4. The van der Waals surface area contributed by atoms with E-state index in [1.165, 1.54) is 33.8 Å². The lowest BCUT2D eigenvalue weighted by Crippen LogP contribution is -2.49. The van der Waals surface area contributed by atoms with Gasteiger partial charge in [0.15, 0.2) is 0 Å². The lowest BCUT2D eigenvalue weighted by Gasteiger charge is -2.40. The van der Waals surface area contributed by atoms with E-state index in [0.717, 1.165) is 69.4 Å². The number of amides is 1. The summed E-state index contributed by atoms with van der Waals surface area (Å²) < 4.78 is 0. The van der Waals surface area contributed by atoms with Crippen LogP contribution in [0.5, 0.6) is 0 Å². The maximum Gasteiger partial charge on any atom is 0.246 e. The molecule has 0 saturated carbocycles. The number of aromatic amines is 1. The molecule has 2 aromatic heterocycles. The van der Waals surface area contributed by atoms with Crippen LogP contribution in [-0.4, -0.2) is 95.3 Å². The normalized spacial score (nSPS) is 22.6. The average molecular weight is 515 g/mol. The number of hydrogen-bond donors (Lipinski definition) is 1. The molecule has 0 spiro atoms. The van der Waals surface area contributed by atoms with Gasteiger partial charge >= 0.3 is 0 Å². The Bertz CT molecular complexity index is 1350. The SMILES string of the molecule is C=CC(=O)N1CCN(c2nc(N3CCN(C)CC3)nc3c2C[C@@H](C)[C@H](c2c(C)ccc4[nH]ncc24)C3)CC1. The molecule has 1 amide bonds. The lowest BCUT2D eigenvalue weighted by atomic mass is 9.73. The van der Waals surface area contributed by atoms with E-state index < -0.39 is 0 Å². The highest BCUT2D eigenvalue weighted by Gasteiger charge is 2.35. The predicted molar refractivity (Wildman–Crippen MR) is 151 cm³/mol. The van der Waals surface area contributed by atoms with Gasteiger partial charge < -0.3 is 19.6 Å². The molecule has 6 rings (SSSR count). The first-order valence-corrected chi connectivity index (χ1v) is 13.8. The number of hydrogen-bond acceptors (Lipinski definition) is 7. The molecule has 0 unspecified atom stereocenters. The molecule has 1 aromatic carbocycles. The van der Waals surface area contributed by atoms with Gasteiger partial charge in [0.05, 0.1) is 17.4 Å². The summed E-state index contributed by atoms with van der Waals surface area (Å²) in [5, 5.41) is 8.73. The van der Waals surface area contributed by atoms with Crippen molar-refractivity contribution in [1.29, 1.82) is 0 Å². The van der Waals surface area contributed by atoms with Gasteiger partial charge in [-0.2, -0.15) is 10.1 Å². The number of anilines is 2. The summed E-state index contributed by atoms with van der Waals surface area (Å²) in [5.41, 5.74) is 6.27. The van der Waals surface area contributed by atoms with Gasteiger partial charge in [-0.1, -0.05) is 19.6 Å². The monoisotopic (exact) mass is 514 g/mol. The van der Waals surface area contributed by atoms with Crippen LogP contribution in [0, 0.1) is 12.8 Å². The van der Waals surface area contributed by atoms with E-state index >= 15 is 0 Å². The van der Waals surface area contributed by atoms with Crippen LogP contribution in [0.2, 0.25) is 0 Å². The molecule has 9 nitrogen and oxygen atoms in total. The largest absolute Gasteiger partial charge is 0.353 e. The number of aromatic nitrogens is 4. The number of likely N-dealkylation sites (N-methyl/N-ethyl adjacent to an activating group) is 1. The fraction of sp³-hybridized carbons (Fsp3) is 0.517. The third-order valence-electron chi connectivity index (χ3n) is 8.79. The second kappa shape index (κ2) is 10.0. The minimum atomic E-state index is 0.00717. The Morgan fingerprint density at radius 1 is 1.03 bits per heavy atom. The zero-order chi connectivity index (χ0) is 26.4. The molecule has 9 heteroatoms. The van der Waals surface area contributed by atoms with Gasteiger partial charge in [0.1, 0.15) is 5.82 Å². The number of nitrogens with zero attached hydrogens (tertiary/aromatic N) is 7. The Balaban J connectivity index is 1.38. The highest BCUT2D eigenvalue weighted by atomic mass is 16.2. The molecule has 1 aliphatic carbocycles. The summed E-state index contributed by atoms with van der Waals surface area (Å²) in [7, 11) is 2.17. The fourth-order valence-electron chi connectivity index (χ4n) is 6.46. The molecule has 0 bridgehead atoms. The number of carbonyl (C=O) groups excluding carboxylic acids is 1. The topological polar surface area (TPSA) is 84.5 Å². The molecule has 3 aromatic rings. The number of fused-ring (bicyclic) bond motifs is 2. The number of H-pyrrole nitrogens is 1. The molecule has 38 heavy (non-hydrogen) atoms. The average Bonchev–Trinajstić information content (AvgIpc) is 3.41. The van der Waals surface area contributed by atoms with E-state index in [1.54, 1.807) is 0 Å². The Hall–Kier alpha value is -3.46. The van der Waals surface area contributed by atoms with Crippen molar-refractivity contribution in [2.24, 2.45) is 5.92 Å². The van der Waals surface area contributed by atoms with Crippen LogP contribution in [0.4, 0.5) is 11.8 Å². The number of benzene rings is 1. The number of carbonyl (C=O) groups is 1. The van der Waals surface area contributed by atoms with Crippen molar-refractivity contribution in [3.63, 3.8) is 0 Å². The minimum absolute atomic E-state index is 0.00717. The highest BCUT2D eigenvalue weighted by molar-refractivity contribution is 5.87. The standard InChI is InChI=1S/C29H38N8O/c1-5-26(38)35-12-14-36(15-13-35)28-22-16-20(3)21(27-19(2)6-7-24-23(27)18-30-33-24)17-25(22)31-29(32-28)37-10-8-34(4)9-11-37/h5-7,18,20-21H,1,8-17H2,2-4H3,(H,30,33)/t20-,21-/m1/s1. The molecule has 2 fully saturated rings. The van der Waals surface area contributed by atoms with Crippen LogP contribution >= 0.6 is 0 Å². The van der Waals surface area contributed by atoms with Crippen molar-refractivity contribution < 1.29 is 4.79 Å². The minimum Gasteiger partial charge on any atom is -0.353 e. The van der Waals surface area contributed by atoms with Gasteiger partial charge in [-0.05, 0) is 61.9 Å². The zero-order valence-corrected chi connectivity index (χ0v) is 22.8. The summed E-state index contributed by atoms with van der Waals surface area (Å²) in [4.78, 5) is 31.6. The van der Waals surface area contributed by atoms with Gasteiger partial charge in [0.2, 0.25) is 11.9 Å². The van der Waals surface area contributed by atoms with Crippen molar-refractivity contribution in [2.75, 3.05) is 69.2 Å². The molecule has 4 heterocycles. The fourth-order valence-corrected chi connectivity index (χ4v) is 6.46. The van der Waals surface area contributed by atoms with Gasteiger partial charge in [0.25, 0.3) is 0 Å². The number of nitrogens with one attached hydrogen (secondary N) is 1. The van der Waals surface area contributed by atoms with Crippen molar-refractivity contribution in [3.05, 3.63) is 53.4 Å². The maximum atomic E-state index is 12.2. The zero-order valence-electron chi connectivity index (χ0n) is 22.8. The van der Waals surface area contributed by atoms with E-state index in [0.29, 0.717) is 24.9 Å². The van der Waals surface area contributed by atoms with E-state index in [2.05, 4.69) is 64.5 Å². The second-order valence-electron chi connectivity index (χ2n) is 11.2. The molecule has 1 N–H and O–H groups in total. The van der Waals surface area contributed by atoms with E-state index in [9.17, 15) is 4.79 Å². The molecule has 2 aliphatic heterocycles. The van der Waals surface area contributed by atoms with Crippen LogP contribution in [-0.2, 0) is 17.6 Å². The summed E-state index contributed by atoms with van der Waals surface area (Å²) in [6.45, 7) is 15.1. The maximum absolute atomic E-state index is 12.2. The quantitative estimate of drug-likeness (QED) is 0.536. The Morgan fingerprint density at radius 2 is 1.76 bits per heavy atom. The molecule has 2 saturated heterocycles. The van der Waals surface area contributed by atoms with Crippen LogP contribution in [0.15, 0.2) is 31.0 Å². The smallest absolute Gasteiger partial charge is 0.246 e. The highest BCUT2D eigenvalue weighted by Crippen LogP contribution is 2.43. The van der Waals surface area contributed by atoms with Crippen molar-refractivity contribution >= 4 is 28.6 Å². The number of piperazine rings is 2.